The van der Waals surface area contributed by atoms with Crippen LogP contribution in [0, 0.1) is 22.7 Å². The van der Waals surface area contributed by atoms with Gasteiger partial charge in [-0.2, -0.15) is 10.5 Å². The third kappa shape index (κ3) is 6.76. The number of rotatable bonds is 8. The predicted octanol–water partition coefficient (Wildman–Crippen LogP) is 3.79. The van der Waals surface area contributed by atoms with Gasteiger partial charge in [-0.05, 0) is 51.7 Å². The first-order valence-corrected chi connectivity index (χ1v) is 13.4. The number of nitrogens with one attached hydrogen (secondary N) is 2. The lowest BCUT2D eigenvalue weighted by atomic mass is 9.83. The summed E-state index contributed by atoms with van der Waals surface area (Å²) in [6.45, 7) is 3.16. The third-order valence-electron chi connectivity index (χ3n) is 6.87. The van der Waals surface area contributed by atoms with Gasteiger partial charge >= 0.3 is 5.97 Å². The fourth-order valence-corrected chi connectivity index (χ4v) is 5.55. The van der Waals surface area contributed by atoms with Crippen molar-refractivity contribution in [3.8, 4) is 12.1 Å². The molecule has 2 aliphatic carbocycles. The number of nitrogens with zero attached hydrogens (tertiary/aromatic N) is 3. The van der Waals surface area contributed by atoms with Crippen molar-refractivity contribution in [3.05, 3.63) is 23.9 Å². The van der Waals surface area contributed by atoms with Crippen molar-refractivity contribution in [1.82, 2.24) is 15.6 Å². The molecule has 2 N–H and O–H groups in total. The van der Waals surface area contributed by atoms with Gasteiger partial charge in [-0.25, -0.2) is 9.78 Å². The summed E-state index contributed by atoms with van der Waals surface area (Å²) < 4.78 is 5.41. The quantitative estimate of drug-likeness (QED) is 0.396. The first kappa shape index (κ1) is 27.5. The molecule has 2 unspecified atom stereocenters. The normalized spacial score (nSPS) is 20.0. The largest absolute Gasteiger partial charge is 0.449 e. The number of thioether (sulfide) groups is 1. The topological polar surface area (TPSA) is 145 Å². The maximum atomic E-state index is 12.9. The number of nitriles is 2. The van der Waals surface area contributed by atoms with Gasteiger partial charge in [0.25, 0.3) is 5.91 Å². The van der Waals surface area contributed by atoms with Crippen molar-refractivity contribution in [1.29, 1.82) is 10.5 Å². The Morgan fingerprint density at radius 3 is 2.00 bits per heavy atom. The summed E-state index contributed by atoms with van der Waals surface area (Å²) in [4.78, 5) is 42.7. The minimum atomic E-state index is -1.11. The van der Waals surface area contributed by atoms with Crippen LogP contribution in [0.25, 0.3) is 0 Å². The fourth-order valence-electron chi connectivity index (χ4n) is 4.65. The second kappa shape index (κ2) is 12.2. The third-order valence-corrected chi connectivity index (χ3v) is 7.99. The summed E-state index contributed by atoms with van der Waals surface area (Å²) in [5, 5.41) is 24.6. The monoisotopic (exact) mass is 511 g/mol. The minimum absolute atomic E-state index is 0.141. The van der Waals surface area contributed by atoms with Crippen LogP contribution in [-0.4, -0.2) is 45.2 Å². The highest BCUT2D eigenvalue weighted by Gasteiger charge is 2.37. The molecular formula is C26H33N5O4S. The maximum Gasteiger partial charge on any atom is 0.341 e. The van der Waals surface area contributed by atoms with Crippen LogP contribution in [0.1, 0.15) is 88.4 Å². The van der Waals surface area contributed by atoms with E-state index in [1.54, 1.807) is 13.0 Å². The highest BCUT2D eigenvalue weighted by Crippen LogP contribution is 2.31. The zero-order valence-corrected chi connectivity index (χ0v) is 21.7. The Hall–Kier alpha value is -3.11. The lowest BCUT2D eigenvalue weighted by Crippen LogP contribution is -2.52. The molecule has 0 aromatic carbocycles. The molecule has 0 aliphatic heterocycles. The molecule has 0 radical (unpaired) electrons. The summed E-state index contributed by atoms with van der Waals surface area (Å²) in [5.41, 5.74) is -1.63. The average molecular weight is 512 g/mol. The molecule has 2 fully saturated rings. The van der Waals surface area contributed by atoms with E-state index in [1.807, 2.05) is 0 Å². The Labute approximate surface area is 216 Å². The Bertz CT molecular complexity index is 1050. The van der Waals surface area contributed by atoms with E-state index in [9.17, 15) is 24.9 Å². The number of amides is 2. The molecule has 36 heavy (non-hydrogen) atoms. The second-order valence-electron chi connectivity index (χ2n) is 9.65. The van der Waals surface area contributed by atoms with Crippen molar-refractivity contribution in [3.63, 3.8) is 0 Å². The second-order valence-corrected chi connectivity index (χ2v) is 11.0. The van der Waals surface area contributed by atoms with Crippen LogP contribution in [0.3, 0.4) is 0 Å². The standard InChI is InChI=1S/C26H33N5O4S/c1-18(21(32)30-25(16-27)11-5-3-6-12-25)35-24(34)20-10-9-15-29-23(20)36-19(2)22(33)31-26(17-28)13-7-4-8-14-26/h9-10,15,18-19H,3-8,11-14H2,1-2H3,(H,30,32)(H,31,33). The molecular weight excluding hydrogens is 478 g/mol. The molecule has 1 aromatic rings. The minimum Gasteiger partial charge on any atom is -0.449 e. The fraction of sp³-hybridized carbons (Fsp3) is 0.615. The molecule has 1 heterocycles. The number of carbonyl (C=O) groups is 3. The first-order chi connectivity index (χ1) is 17.2. The molecule has 10 heteroatoms. The summed E-state index contributed by atoms with van der Waals surface area (Å²) in [5.74, 6) is -1.56. The number of hydrogen-bond donors (Lipinski definition) is 2. The van der Waals surface area contributed by atoms with Gasteiger partial charge in [0.05, 0.1) is 23.0 Å². The Morgan fingerprint density at radius 2 is 1.47 bits per heavy atom. The number of hydrogen-bond acceptors (Lipinski definition) is 8. The van der Waals surface area contributed by atoms with E-state index in [0.717, 1.165) is 50.3 Å². The summed E-state index contributed by atoms with van der Waals surface area (Å²) in [7, 11) is 0. The molecule has 3 rings (SSSR count). The number of carbonyl (C=O) groups excluding carboxylic acids is 3. The number of pyridine rings is 1. The summed E-state index contributed by atoms with van der Waals surface area (Å²) >= 11 is 1.09. The van der Waals surface area contributed by atoms with E-state index in [2.05, 4.69) is 27.8 Å². The van der Waals surface area contributed by atoms with Crippen LogP contribution in [0.5, 0.6) is 0 Å². The van der Waals surface area contributed by atoms with Gasteiger partial charge in [0.15, 0.2) is 6.10 Å². The summed E-state index contributed by atoms with van der Waals surface area (Å²) in [6.07, 6.45) is 8.40. The SMILES string of the molecule is CC(OC(=O)c1cccnc1SC(C)C(=O)NC1(C#N)CCCCC1)C(=O)NC1(C#N)CCCCC1. The van der Waals surface area contributed by atoms with Crippen molar-refractivity contribution in [2.24, 2.45) is 0 Å². The molecule has 0 saturated heterocycles. The molecule has 2 saturated carbocycles. The van der Waals surface area contributed by atoms with Crippen molar-refractivity contribution in [2.75, 3.05) is 0 Å². The molecule has 2 aliphatic rings. The molecule has 2 amide bonds. The smallest absolute Gasteiger partial charge is 0.341 e. The van der Waals surface area contributed by atoms with Crippen molar-refractivity contribution >= 4 is 29.5 Å². The molecule has 192 valence electrons. The molecule has 1 aromatic heterocycles. The van der Waals surface area contributed by atoms with E-state index < -0.39 is 34.3 Å². The molecule has 2 atom stereocenters. The van der Waals surface area contributed by atoms with Gasteiger partial charge in [0, 0.05) is 6.20 Å². The van der Waals surface area contributed by atoms with E-state index in [-0.39, 0.29) is 11.5 Å². The van der Waals surface area contributed by atoms with Gasteiger partial charge in [-0.15, -0.1) is 0 Å². The maximum absolute atomic E-state index is 12.9. The molecule has 0 bridgehead atoms. The number of aromatic nitrogens is 1. The highest BCUT2D eigenvalue weighted by atomic mass is 32.2. The van der Waals surface area contributed by atoms with Crippen LogP contribution < -0.4 is 10.6 Å². The van der Waals surface area contributed by atoms with Crippen LogP contribution in [-0.2, 0) is 14.3 Å². The van der Waals surface area contributed by atoms with Crippen molar-refractivity contribution < 1.29 is 19.1 Å². The van der Waals surface area contributed by atoms with E-state index in [1.165, 1.54) is 19.2 Å². The number of esters is 1. The van der Waals surface area contributed by atoms with Crippen LogP contribution in [0.15, 0.2) is 23.4 Å². The Morgan fingerprint density at radius 1 is 0.944 bits per heavy atom. The lowest BCUT2D eigenvalue weighted by Gasteiger charge is -2.32. The molecule has 0 spiro atoms. The zero-order valence-electron chi connectivity index (χ0n) is 20.8. The van der Waals surface area contributed by atoms with Gasteiger partial charge in [-0.3, -0.25) is 9.59 Å². The van der Waals surface area contributed by atoms with Gasteiger partial charge in [-0.1, -0.05) is 50.3 Å². The highest BCUT2D eigenvalue weighted by molar-refractivity contribution is 8.00. The zero-order chi connectivity index (χ0) is 26.2. The summed E-state index contributed by atoms with van der Waals surface area (Å²) in [6, 6.07) is 7.61. The Balaban J connectivity index is 1.63. The van der Waals surface area contributed by atoms with Crippen molar-refractivity contribution in [2.45, 2.75) is 106 Å². The molecule has 9 nitrogen and oxygen atoms in total. The van der Waals surface area contributed by atoms with Crippen LogP contribution in [0.2, 0.25) is 0 Å². The first-order valence-electron chi connectivity index (χ1n) is 12.5. The predicted molar refractivity (Wildman–Crippen MR) is 134 cm³/mol. The van der Waals surface area contributed by atoms with Gasteiger partial charge in [0.1, 0.15) is 16.1 Å². The van der Waals surface area contributed by atoms with Crippen LogP contribution >= 0.6 is 11.8 Å². The van der Waals surface area contributed by atoms with E-state index in [4.69, 9.17) is 4.74 Å². The lowest BCUT2D eigenvalue weighted by molar-refractivity contribution is -0.130. The number of ether oxygens (including phenoxy) is 1. The van der Waals surface area contributed by atoms with E-state index in [0.29, 0.717) is 30.7 Å². The van der Waals surface area contributed by atoms with Gasteiger partial charge < -0.3 is 15.4 Å². The van der Waals surface area contributed by atoms with E-state index >= 15 is 0 Å². The van der Waals surface area contributed by atoms with Gasteiger partial charge in [0.2, 0.25) is 5.91 Å². The van der Waals surface area contributed by atoms with Crippen LogP contribution in [0.4, 0.5) is 0 Å². The average Bonchev–Trinajstić information content (AvgIpc) is 2.89. The Kier molecular flexibility index (Phi) is 9.33.